The van der Waals surface area contributed by atoms with Crippen LogP contribution in [0.1, 0.15) is 36.0 Å². The van der Waals surface area contributed by atoms with Crippen molar-refractivity contribution < 1.29 is 4.79 Å². The maximum atomic E-state index is 12.8. The third-order valence-electron chi connectivity index (χ3n) is 3.89. The lowest BCUT2D eigenvalue weighted by atomic mass is 10.1. The van der Waals surface area contributed by atoms with Crippen LogP contribution in [0.25, 0.3) is 0 Å². The fourth-order valence-corrected chi connectivity index (χ4v) is 3.16. The summed E-state index contributed by atoms with van der Waals surface area (Å²) in [6.45, 7) is 1.72. The number of nitrogens with zero attached hydrogens (tertiary/aromatic N) is 2. The summed E-state index contributed by atoms with van der Waals surface area (Å²) >= 11 is 3.45. The molecule has 0 aliphatic heterocycles. The smallest absolute Gasteiger partial charge is 0.254 e. The molecule has 1 amide bonds. The van der Waals surface area contributed by atoms with Crippen LogP contribution in [0, 0.1) is 0 Å². The molecule has 0 radical (unpaired) electrons. The van der Waals surface area contributed by atoms with E-state index in [1.165, 1.54) is 12.8 Å². The van der Waals surface area contributed by atoms with Gasteiger partial charge >= 0.3 is 0 Å². The fourth-order valence-electron chi connectivity index (χ4n) is 2.76. The number of hydrogen-bond donors (Lipinski definition) is 0. The van der Waals surface area contributed by atoms with Crippen LogP contribution in [0.4, 0.5) is 0 Å². The Bertz CT molecular complexity index is 456. The first-order valence-electron chi connectivity index (χ1n) is 7.29. The summed E-state index contributed by atoms with van der Waals surface area (Å²) in [5.74, 6) is 0.167. The van der Waals surface area contributed by atoms with E-state index in [1.54, 1.807) is 0 Å². The molecule has 0 unspecified atom stereocenters. The highest BCUT2D eigenvalue weighted by atomic mass is 79.9. The van der Waals surface area contributed by atoms with E-state index >= 15 is 0 Å². The number of likely N-dealkylation sites (N-methyl/N-ethyl adjacent to an activating group) is 1. The van der Waals surface area contributed by atoms with E-state index < -0.39 is 0 Å². The van der Waals surface area contributed by atoms with Crippen LogP contribution in [0.2, 0.25) is 0 Å². The van der Waals surface area contributed by atoms with E-state index in [-0.39, 0.29) is 5.91 Å². The molecule has 1 saturated carbocycles. The van der Waals surface area contributed by atoms with Gasteiger partial charge in [-0.2, -0.15) is 0 Å². The van der Waals surface area contributed by atoms with Gasteiger partial charge in [-0.1, -0.05) is 34.8 Å². The average Bonchev–Trinajstić information content (AvgIpc) is 2.92. The van der Waals surface area contributed by atoms with Gasteiger partial charge in [0, 0.05) is 29.2 Å². The summed E-state index contributed by atoms with van der Waals surface area (Å²) in [7, 11) is 4.10. The first kappa shape index (κ1) is 15.5. The summed E-state index contributed by atoms with van der Waals surface area (Å²) in [4.78, 5) is 17.0. The number of benzene rings is 1. The predicted octanol–water partition coefficient (Wildman–Crippen LogP) is 3.40. The van der Waals surface area contributed by atoms with E-state index in [0.29, 0.717) is 6.04 Å². The zero-order valence-electron chi connectivity index (χ0n) is 12.3. The maximum absolute atomic E-state index is 12.8. The first-order valence-corrected chi connectivity index (χ1v) is 8.08. The van der Waals surface area contributed by atoms with Crippen molar-refractivity contribution >= 4 is 21.8 Å². The van der Waals surface area contributed by atoms with Gasteiger partial charge in [-0.3, -0.25) is 4.79 Å². The molecule has 1 fully saturated rings. The number of carbonyl (C=O) groups is 1. The van der Waals surface area contributed by atoms with Crippen LogP contribution in [-0.4, -0.2) is 48.9 Å². The molecule has 20 heavy (non-hydrogen) atoms. The van der Waals surface area contributed by atoms with E-state index in [4.69, 9.17) is 0 Å². The molecule has 1 aliphatic rings. The molecule has 2 rings (SSSR count). The molecule has 0 aromatic heterocycles. The Balaban J connectivity index is 2.14. The molecule has 1 aliphatic carbocycles. The molecule has 3 nitrogen and oxygen atoms in total. The molecule has 1 aromatic rings. The molecule has 0 heterocycles. The minimum Gasteiger partial charge on any atom is -0.334 e. The lowest BCUT2D eigenvalue weighted by Crippen LogP contribution is -2.42. The minimum atomic E-state index is 0.167. The standard InChI is InChI=1S/C16H23BrN2O/c1-18(2)10-11-19(15-8-3-4-9-15)16(20)13-6-5-7-14(17)12-13/h5-7,12,15H,3-4,8-11H2,1-2H3. The Morgan fingerprint density at radius 3 is 2.55 bits per heavy atom. The van der Waals surface area contributed by atoms with Crippen molar-refractivity contribution in [2.24, 2.45) is 0 Å². The van der Waals surface area contributed by atoms with Crippen molar-refractivity contribution in [3.8, 4) is 0 Å². The molecule has 0 atom stereocenters. The Morgan fingerprint density at radius 2 is 1.95 bits per heavy atom. The van der Waals surface area contributed by atoms with E-state index in [2.05, 4.69) is 39.8 Å². The summed E-state index contributed by atoms with van der Waals surface area (Å²) in [5.41, 5.74) is 0.782. The second-order valence-electron chi connectivity index (χ2n) is 5.75. The molecule has 0 spiro atoms. The molecule has 0 bridgehead atoms. The van der Waals surface area contributed by atoms with Gasteiger partial charge in [-0.05, 0) is 45.1 Å². The zero-order chi connectivity index (χ0) is 14.5. The topological polar surface area (TPSA) is 23.6 Å². The van der Waals surface area contributed by atoms with Crippen molar-refractivity contribution in [1.29, 1.82) is 0 Å². The number of carbonyl (C=O) groups excluding carboxylic acids is 1. The lowest BCUT2D eigenvalue weighted by Gasteiger charge is -2.30. The first-order chi connectivity index (χ1) is 9.58. The molecule has 0 N–H and O–H groups in total. The Morgan fingerprint density at radius 1 is 1.25 bits per heavy atom. The number of hydrogen-bond acceptors (Lipinski definition) is 2. The Hall–Kier alpha value is -0.870. The minimum absolute atomic E-state index is 0.167. The SMILES string of the molecule is CN(C)CCN(C(=O)c1cccc(Br)c1)C1CCCC1. The quantitative estimate of drug-likeness (QED) is 0.821. The van der Waals surface area contributed by atoms with Crippen molar-refractivity contribution in [2.45, 2.75) is 31.7 Å². The highest BCUT2D eigenvalue weighted by Gasteiger charge is 2.27. The average molecular weight is 339 g/mol. The van der Waals surface area contributed by atoms with Crippen molar-refractivity contribution in [1.82, 2.24) is 9.80 Å². The number of amides is 1. The van der Waals surface area contributed by atoms with Gasteiger partial charge in [-0.15, -0.1) is 0 Å². The van der Waals surface area contributed by atoms with Crippen LogP contribution in [-0.2, 0) is 0 Å². The van der Waals surface area contributed by atoms with Crippen LogP contribution < -0.4 is 0 Å². The summed E-state index contributed by atoms with van der Waals surface area (Å²) < 4.78 is 0.960. The summed E-state index contributed by atoms with van der Waals surface area (Å²) in [5, 5.41) is 0. The largest absolute Gasteiger partial charge is 0.334 e. The van der Waals surface area contributed by atoms with Gasteiger partial charge in [0.2, 0.25) is 0 Å². The monoisotopic (exact) mass is 338 g/mol. The lowest BCUT2D eigenvalue weighted by molar-refractivity contribution is 0.0667. The predicted molar refractivity (Wildman–Crippen MR) is 86.0 cm³/mol. The normalized spacial score (nSPS) is 15.8. The third kappa shape index (κ3) is 4.06. The molecular weight excluding hydrogens is 316 g/mol. The van der Waals surface area contributed by atoms with E-state index in [0.717, 1.165) is 36.0 Å². The highest BCUT2D eigenvalue weighted by Crippen LogP contribution is 2.25. The molecule has 110 valence electrons. The Labute approximate surface area is 130 Å². The van der Waals surface area contributed by atoms with Crippen molar-refractivity contribution in [3.63, 3.8) is 0 Å². The molecular formula is C16H23BrN2O. The van der Waals surface area contributed by atoms with Crippen molar-refractivity contribution in [3.05, 3.63) is 34.3 Å². The summed E-state index contributed by atoms with van der Waals surface area (Å²) in [6.07, 6.45) is 4.78. The van der Waals surface area contributed by atoms with Gasteiger partial charge in [0.1, 0.15) is 0 Å². The van der Waals surface area contributed by atoms with Crippen molar-refractivity contribution in [2.75, 3.05) is 27.2 Å². The molecule has 4 heteroatoms. The number of halogens is 1. The molecule has 1 aromatic carbocycles. The highest BCUT2D eigenvalue weighted by molar-refractivity contribution is 9.10. The van der Waals surface area contributed by atoms with Crippen LogP contribution in [0.5, 0.6) is 0 Å². The van der Waals surface area contributed by atoms with Gasteiger partial charge in [0.15, 0.2) is 0 Å². The van der Waals surface area contributed by atoms with Gasteiger partial charge < -0.3 is 9.80 Å². The van der Waals surface area contributed by atoms with Crippen LogP contribution in [0.15, 0.2) is 28.7 Å². The van der Waals surface area contributed by atoms with Crippen LogP contribution in [0.3, 0.4) is 0 Å². The second kappa shape index (κ2) is 7.23. The summed E-state index contributed by atoms with van der Waals surface area (Å²) in [6, 6.07) is 8.12. The zero-order valence-corrected chi connectivity index (χ0v) is 13.9. The third-order valence-corrected chi connectivity index (χ3v) is 4.38. The van der Waals surface area contributed by atoms with Crippen LogP contribution >= 0.6 is 15.9 Å². The molecule has 0 saturated heterocycles. The number of rotatable bonds is 5. The fraction of sp³-hybridized carbons (Fsp3) is 0.562. The van der Waals surface area contributed by atoms with Gasteiger partial charge in [0.05, 0.1) is 0 Å². The maximum Gasteiger partial charge on any atom is 0.254 e. The van der Waals surface area contributed by atoms with E-state index in [9.17, 15) is 4.79 Å². The Kier molecular flexibility index (Phi) is 5.61. The van der Waals surface area contributed by atoms with Gasteiger partial charge in [-0.25, -0.2) is 0 Å². The van der Waals surface area contributed by atoms with E-state index in [1.807, 2.05) is 24.3 Å². The van der Waals surface area contributed by atoms with Gasteiger partial charge in [0.25, 0.3) is 5.91 Å². The second-order valence-corrected chi connectivity index (χ2v) is 6.67.